The van der Waals surface area contributed by atoms with E-state index in [1.54, 1.807) is 24.3 Å². The molecule has 2 N–H and O–H groups in total. The summed E-state index contributed by atoms with van der Waals surface area (Å²) in [5, 5.41) is 6.95. The first-order valence-corrected chi connectivity index (χ1v) is 13.4. The second kappa shape index (κ2) is 15.5. The number of carbonyl (C=O) groups excluding carboxylic acids is 2. The van der Waals surface area contributed by atoms with E-state index in [2.05, 4.69) is 15.5 Å². The van der Waals surface area contributed by atoms with Gasteiger partial charge in [-0.3, -0.25) is 9.59 Å². The lowest BCUT2D eigenvalue weighted by Crippen LogP contribution is -2.41. The van der Waals surface area contributed by atoms with E-state index in [-0.39, 0.29) is 11.8 Å². The number of unbranched alkanes of at least 4 members (excludes halogenated alkanes) is 2. The maximum atomic E-state index is 12.1. The van der Waals surface area contributed by atoms with E-state index in [9.17, 15) is 9.59 Å². The maximum absolute atomic E-state index is 12.1. The van der Waals surface area contributed by atoms with Gasteiger partial charge in [-0.2, -0.15) is 0 Å². The number of rotatable bonds is 12. The lowest BCUT2D eigenvalue weighted by molar-refractivity contribution is -0.117. The van der Waals surface area contributed by atoms with Crippen LogP contribution in [0.2, 0.25) is 10.0 Å². The summed E-state index contributed by atoms with van der Waals surface area (Å²) in [6.45, 7) is 4.59. The van der Waals surface area contributed by atoms with Crippen LogP contribution < -0.4 is 10.6 Å². The molecule has 0 saturated carbocycles. The molecule has 1 aliphatic rings. The van der Waals surface area contributed by atoms with Gasteiger partial charge in [-0.15, -0.1) is 0 Å². The van der Waals surface area contributed by atoms with Crippen LogP contribution in [0.1, 0.15) is 43.2 Å². The Balaban J connectivity index is 1.24. The molecule has 36 heavy (non-hydrogen) atoms. The molecular weight excluding hydrogens is 493 g/mol. The Bertz CT molecular complexity index is 1040. The minimum Gasteiger partial charge on any atom is -0.353 e. The van der Waals surface area contributed by atoms with Crippen LogP contribution in [-0.2, 0) is 9.59 Å². The number of amides is 2. The Kier molecular flexibility index (Phi) is 12.0. The second-order valence-corrected chi connectivity index (χ2v) is 9.97. The van der Waals surface area contributed by atoms with Crippen LogP contribution in [0.5, 0.6) is 0 Å². The second-order valence-electron chi connectivity index (χ2n) is 9.16. The smallest absolute Gasteiger partial charge is 0.244 e. The summed E-state index contributed by atoms with van der Waals surface area (Å²) < 4.78 is 0. The van der Waals surface area contributed by atoms with Gasteiger partial charge in [-0.1, -0.05) is 66.0 Å². The zero-order valence-corrected chi connectivity index (χ0v) is 22.1. The Morgan fingerprint density at radius 2 is 1.64 bits per heavy atom. The highest BCUT2D eigenvalue weighted by molar-refractivity contribution is 6.42. The van der Waals surface area contributed by atoms with Crippen LogP contribution in [0, 0.1) is 5.92 Å². The van der Waals surface area contributed by atoms with E-state index in [4.69, 9.17) is 23.2 Å². The molecule has 0 spiro atoms. The first-order chi connectivity index (χ1) is 17.5. The van der Waals surface area contributed by atoms with E-state index in [1.165, 1.54) is 12.5 Å². The predicted molar refractivity (Wildman–Crippen MR) is 150 cm³/mol. The molecule has 0 bridgehead atoms. The van der Waals surface area contributed by atoms with Crippen molar-refractivity contribution in [2.24, 2.45) is 5.92 Å². The highest BCUT2D eigenvalue weighted by Gasteiger charge is 2.19. The number of hydrogen-bond acceptors (Lipinski definition) is 3. The number of nitrogens with zero attached hydrogens (tertiary/aromatic N) is 1. The fourth-order valence-corrected chi connectivity index (χ4v) is 4.56. The van der Waals surface area contributed by atoms with Gasteiger partial charge in [0.1, 0.15) is 0 Å². The molecule has 1 unspecified atom stereocenters. The molecule has 1 fully saturated rings. The summed E-state index contributed by atoms with van der Waals surface area (Å²) in [6.07, 6.45) is 12.1. The molecule has 5 nitrogen and oxygen atoms in total. The summed E-state index contributed by atoms with van der Waals surface area (Å²) in [4.78, 5) is 26.7. The standard InChI is InChI=1S/C29H35Cl2N3O2/c30-26-14-11-24(20-27(26)31)13-16-28(35)32-17-5-2-6-18-34-19-7-10-25(22-34)21-33-29(36)15-12-23-8-3-1-4-9-23/h1,3-4,8-9,11-16,20,25H,2,5-7,10,17-19,21-22H2,(H,32,35)(H,33,36)/b15-12+,16-13+. The molecule has 3 rings (SSSR count). The Labute approximate surface area is 224 Å². The fourth-order valence-electron chi connectivity index (χ4n) is 4.26. The van der Waals surface area contributed by atoms with E-state index in [1.807, 2.05) is 42.5 Å². The maximum Gasteiger partial charge on any atom is 0.244 e. The third-order valence-electron chi connectivity index (χ3n) is 6.22. The molecule has 0 aromatic heterocycles. The number of likely N-dealkylation sites (tertiary alicyclic amines) is 1. The third kappa shape index (κ3) is 10.6. The molecule has 2 amide bonds. The van der Waals surface area contributed by atoms with Crippen molar-refractivity contribution in [2.75, 3.05) is 32.7 Å². The van der Waals surface area contributed by atoms with Crippen LogP contribution in [-0.4, -0.2) is 49.4 Å². The van der Waals surface area contributed by atoms with Gasteiger partial charge in [-0.25, -0.2) is 0 Å². The molecule has 0 radical (unpaired) electrons. The highest BCUT2D eigenvalue weighted by Crippen LogP contribution is 2.23. The summed E-state index contributed by atoms with van der Waals surface area (Å²) >= 11 is 11.9. The molecule has 1 saturated heterocycles. The Morgan fingerprint density at radius 1 is 0.889 bits per heavy atom. The number of benzene rings is 2. The van der Waals surface area contributed by atoms with Gasteiger partial charge in [0, 0.05) is 31.8 Å². The highest BCUT2D eigenvalue weighted by atomic mass is 35.5. The van der Waals surface area contributed by atoms with Crippen molar-refractivity contribution in [1.29, 1.82) is 0 Å². The summed E-state index contributed by atoms with van der Waals surface area (Å²) in [7, 11) is 0. The summed E-state index contributed by atoms with van der Waals surface area (Å²) in [5.74, 6) is 0.347. The van der Waals surface area contributed by atoms with Crippen molar-refractivity contribution in [3.8, 4) is 0 Å². The normalized spacial score (nSPS) is 16.4. The molecule has 1 atom stereocenters. The molecule has 2 aromatic rings. The number of carbonyl (C=O) groups is 2. The Hall–Kier alpha value is -2.60. The molecule has 192 valence electrons. The number of hydrogen-bond donors (Lipinski definition) is 2. The largest absolute Gasteiger partial charge is 0.353 e. The zero-order chi connectivity index (χ0) is 25.6. The zero-order valence-electron chi connectivity index (χ0n) is 20.6. The predicted octanol–water partition coefficient (Wildman–Crippen LogP) is 5.83. The minimum atomic E-state index is -0.111. The van der Waals surface area contributed by atoms with Gasteiger partial charge in [0.2, 0.25) is 11.8 Å². The molecule has 2 aromatic carbocycles. The first kappa shape index (κ1) is 28.0. The van der Waals surface area contributed by atoms with Crippen molar-refractivity contribution in [3.63, 3.8) is 0 Å². The van der Waals surface area contributed by atoms with Crippen LogP contribution in [0.4, 0.5) is 0 Å². The first-order valence-electron chi connectivity index (χ1n) is 12.6. The van der Waals surface area contributed by atoms with Gasteiger partial charge in [-0.05, 0) is 80.1 Å². The number of piperidine rings is 1. The lowest BCUT2D eigenvalue weighted by Gasteiger charge is -2.32. The monoisotopic (exact) mass is 527 g/mol. The van der Waals surface area contributed by atoms with Crippen LogP contribution in [0.15, 0.2) is 60.7 Å². The quantitative estimate of drug-likeness (QED) is 0.269. The minimum absolute atomic E-state index is 0.0372. The topological polar surface area (TPSA) is 61.4 Å². The molecule has 1 aliphatic heterocycles. The SMILES string of the molecule is O=C(/C=C/c1ccc(Cl)c(Cl)c1)NCCCCCN1CCCC(CNC(=O)/C=C/c2ccccc2)C1. The van der Waals surface area contributed by atoms with E-state index < -0.39 is 0 Å². The van der Waals surface area contributed by atoms with E-state index in [0.29, 0.717) is 22.5 Å². The van der Waals surface area contributed by atoms with Crippen molar-refractivity contribution >= 4 is 47.2 Å². The van der Waals surface area contributed by atoms with Crippen molar-refractivity contribution in [3.05, 3.63) is 81.9 Å². The van der Waals surface area contributed by atoms with Crippen molar-refractivity contribution in [2.45, 2.75) is 32.1 Å². The summed E-state index contributed by atoms with van der Waals surface area (Å²) in [5.41, 5.74) is 1.86. The number of halogens is 2. The molecule has 7 heteroatoms. The van der Waals surface area contributed by atoms with Crippen molar-refractivity contribution < 1.29 is 9.59 Å². The van der Waals surface area contributed by atoms with Gasteiger partial charge in [0.15, 0.2) is 0 Å². The van der Waals surface area contributed by atoms with E-state index >= 15 is 0 Å². The van der Waals surface area contributed by atoms with Gasteiger partial charge in [0.05, 0.1) is 10.0 Å². The van der Waals surface area contributed by atoms with Gasteiger partial charge in [0.25, 0.3) is 0 Å². The van der Waals surface area contributed by atoms with Crippen LogP contribution in [0.25, 0.3) is 12.2 Å². The van der Waals surface area contributed by atoms with Crippen LogP contribution in [0.3, 0.4) is 0 Å². The molecular formula is C29H35Cl2N3O2. The van der Waals surface area contributed by atoms with Crippen LogP contribution >= 0.6 is 23.2 Å². The van der Waals surface area contributed by atoms with Gasteiger partial charge < -0.3 is 15.5 Å². The van der Waals surface area contributed by atoms with Gasteiger partial charge >= 0.3 is 0 Å². The summed E-state index contributed by atoms with van der Waals surface area (Å²) in [6, 6.07) is 15.1. The average molecular weight is 529 g/mol. The third-order valence-corrected chi connectivity index (χ3v) is 6.96. The van der Waals surface area contributed by atoms with Crippen molar-refractivity contribution in [1.82, 2.24) is 15.5 Å². The molecule has 0 aliphatic carbocycles. The fraction of sp³-hybridized carbons (Fsp3) is 0.379. The number of nitrogens with one attached hydrogen (secondary N) is 2. The van der Waals surface area contributed by atoms with E-state index in [0.717, 1.165) is 63.0 Å². The lowest BCUT2D eigenvalue weighted by atomic mass is 9.97. The molecule has 1 heterocycles. The average Bonchev–Trinajstić information content (AvgIpc) is 2.89. The Morgan fingerprint density at radius 3 is 2.42 bits per heavy atom.